The van der Waals surface area contributed by atoms with Crippen molar-refractivity contribution in [3.63, 3.8) is 0 Å². The highest BCUT2D eigenvalue weighted by Crippen LogP contribution is 2.09. The van der Waals surface area contributed by atoms with Gasteiger partial charge in [-0.15, -0.1) is 10.2 Å². The number of tetrazole rings is 1. The van der Waals surface area contributed by atoms with Gasteiger partial charge in [0.25, 0.3) is 0 Å². The van der Waals surface area contributed by atoms with E-state index in [0.717, 1.165) is 25.1 Å². The lowest BCUT2D eigenvalue weighted by Gasteiger charge is -2.08. The highest BCUT2D eigenvalue weighted by molar-refractivity contribution is 4.80. The van der Waals surface area contributed by atoms with Gasteiger partial charge >= 0.3 is 0 Å². The van der Waals surface area contributed by atoms with Crippen LogP contribution in [0, 0.1) is 5.92 Å². The standard InChI is InChI=1S/C8H16N4O/c1-3-4-7(6-13)5-8-9-11-12(2)10-8/h7,13H,3-6H2,1-2H3. The van der Waals surface area contributed by atoms with Gasteiger partial charge in [0.05, 0.1) is 7.05 Å². The zero-order valence-electron chi connectivity index (χ0n) is 8.14. The van der Waals surface area contributed by atoms with Crippen LogP contribution in [0.25, 0.3) is 0 Å². The molecule has 0 aromatic carbocycles. The van der Waals surface area contributed by atoms with Gasteiger partial charge < -0.3 is 5.11 Å². The Bertz CT molecular complexity index is 248. The zero-order chi connectivity index (χ0) is 9.68. The van der Waals surface area contributed by atoms with Gasteiger partial charge in [0.2, 0.25) is 0 Å². The number of aromatic nitrogens is 4. The summed E-state index contributed by atoms with van der Waals surface area (Å²) < 4.78 is 0. The van der Waals surface area contributed by atoms with Crippen molar-refractivity contribution in [2.24, 2.45) is 13.0 Å². The van der Waals surface area contributed by atoms with Crippen molar-refractivity contribution in [3.8, 4) is 0 Å². The highest BCUT2D eigenvalue weighted by Gasteiger charge is 2.10. The third kappa shape index (κ3) is 3.10. The lowest BCUT2D eigenvalue weighted by molar-refractivity contribution is 0.215. The molecule has 0 aliphatic heterocycles. The molecule has 1 heterocycles. The molecule has 1 N–H and O–H groups in total. The van der Waals surface area contributed by atoms with Crippen LogP contribution in [0.1, 0.15) is 25.6 Å². The second-order valence-electron chi connectivity index (χ2n) is 3.24. The maximum Gasteiger partial charge on any atom is 0.175 e. The average molecular weight is 184 g/mol. The minimum atomic E-state index is 0.200. The minimum Gasteiger partial charge on any atom is -0.396 e. The summed E-state index contributed by atoms with van der Waals surface area (Å²) in [5, 5.41) is 20.7. The third-order valence-corrected chi connectivity index (χ3v) is 1.98. The molecule has 0 amide bonds. The Hall–Kier alpha value is -0.970. The van der Waals surface area contributed by atoms with E-state index in [1.807, 2.05) is 0 Å². The normalized spacial score (nSPS) is 13.2. The first-order chi connectivity index (χ1) is 6.26. The predicted molar refractivity (Wildman–Crippen MR) is 48.0 cm³/mol. The van der Waals surface area contributed by atoms with E-state index < -0.39 is 0 Å². The van der Waals surface area contributed by atoms with Crippen LogP contribution in [-0.2, 0) is 13.5 Å². The number of aryl methyl sites for hydroxylation is 1. The summed E-state index contributed by atoms with van der Waals surface area (Å²) in [6, 6.07) is 0. The predicted octanol–water partition coefficient (Wildman–Crippen LogP) is 0.161. The monoisotopic (exact) mass is 184 g/mol. The Morgan fingerprint density at radius 1 is 1.54 bits per heavy atom. The SMILES string of the molecule is CCCC(CO)Cc1nnn(C)n1. The van der Waals surface area contributed by atoms with Gasteiger partial charge in [-0.3, -0.25) is 0 Å². The fourth-order valence-corrected chi connectivity index (χ4v) is 1.33. The van der Waals surface area contributed by atoms with Crippen LogP contribution < -0.4 is 0 Å². The molecule has 0 spiro atoms. The van der Waals surface area contributed by atoms with Crippen LogP contribution in [0.5, 0.6) is 0 Å². The van der Waals surface area contributed by atoms with Gasteiger partial charge in [-0.1, -0.05) is 13.3 Å². The smallest absolute Gasteiger partial charge is 0.175 e. The number of aliphatic hydroxyl groups is 1. The maximum atomic E-state index is 9.04. The Labute approximate surface area is 77.8 Å². The van der Waals surface area contributed by atoms with E-state index in [1.54, 1.807) is 7.05 Å². The molecule has 5 heteroatoms. The molecule has 1 rings (SSSR count). The molecule has 0 aliphatic rings. The van der Waals surface area contributed by atoms with Crippen molar-refractivity contribution >= 4 is 0 Å². The van der Waals surface area contributed by atoms with Gasteiger partial charge in [-0.2, -0.15) is 4.80 Å². The van der Waals surface area contributed by atoms with Crippen molar-refractivity contribution in [2.75, 3.05) is 6.61 Å². The molecular formula is C8H16N4O. The Morgan fingerprint density at radius 3 is 2.77 bits per heavy atom. The van der Waals surface area contributed by atoms with Crippen molar-refractivity contribution < 1.29 is 5.11 Å². The van der Waals surface area contributed by atoms with Crippen LogP contribution in [0.4, 0.5) is 0 Å². The first-order valence-electron chi connectivity index (χ1n) is 4.60. The van der Waals surface area contributed by atoms with Crippen LogP contribution in [0.2, 0.25) is 0 Å². The van der Waals surface area contributed by atoms with E-state index in [2.05, 4.69) is 22.3 Å². The minimum absolute atomic E-state index is 0.200. The number of aliphatic hydroxyl groups excluding tert-OH is 1. The van der Waals surface area contributed by atoms with Crippen LogP contribution in [0.3, 0.4) is 0 Å². The Kier molecular flexibility index (Phi) is 3.82. The molecule has 0 radical (unpaired) electrons. The lowest BCUT2D eigenvalue weighted by atomic mass is 10.0. The van der Waals surface area contributed by atoms with Gasteiger partial charge in [-0.25, -0.2) is 0 Å². The first-order valence-corrected chi connectivity index (χ1v) is 4.60. The van der Waals surface area contributed by atoms with Crippen LogP contribution >= 0.6 is 0 Å². The quantitative estimate of drug-likeness (QED) is 0.708. The molecule has 74 valence electrons. The fourth-order valence-electron chi connectivity index (χ4n) is 1.33. The van der Waals surface area contributed by atoms with E-state index in [9.17, 15) is 0 Å². The molecule has 1 unspecified atom stereocenters. The van der Waals surface area contributed by atoms with E-state index in [-0.39, 0.29) is 12.5 Å². The Morgan fingerprint density at radius 2 is 2.31 bits per heavy atom. The molecule has 0 bridgehead atoms. The fraction of sp³-hybridized carbons (Fsp3) is 0.875. The zero-order valence-corrected chi connectivity index (χ0v) is 8.14. The van der Waals surface area contributed by atoms with E-state index >= 15 is 0 Å². The summed E-state index contributed by atoms with van der Waals surface area (Å²) in [5.74, 6) is 0.990. The summed E-state index contributed by atoms with van der Waals surface area (Å²) in [4.78, 5) is 1.44. The second kappa shape index (κ2) is 4.91. The number of hydrogen-bond donors (Lipinski definition) is 1. The molecule has 1 aromatic rings. The molecule has 5 nitrogen and oxygen atoms in total. The van der Waals surface area contributed by atoms with Crippen LogP contribution in [-0.4, -0.2) is 31.9 Å². The van der Waals surface area contributed by atoms with E-state index in [0.29, 0.717) is 0 Å². The second-order valence-corrected chi connectivity index (χ2v) is 3.24. The summed E-state index contributed by atoms with van der Waals surface area (Å²) in [6.07, 6.45) is 2.80. The molecule has 0 aliphatic carbocycles. The molecule has 1 atom stereocenters. The topological polar surface area (TPSA) is 63.8 Å². The molecule has 13 heavy (non-hydrogen) atoms. The summed E-state index contributed by atoms with van der Waals surface area (Å²) in [7, 11) is 1.74. The molecular weight excluding hydrogens is 168 g/mol. The van der Waals surface area contributed by atoms with Crippen molar-refractivity contribution in [3.05, 3.63) is 5.82 Å². The summed E-state index contributed by atoms with van der Waals surface area (Å²) in [5.41, 5.74) is 0. The van der Waals surface area contributed by atoms with Crippen molar-refractivity contribution in [1.29, 1.82) is 0 Å². The van der Waals surface area contributed by atoms with E-state index in [1.165, 1.54) is 4.80 Å². The van der Waals surface area contributed by atoms with E-state index in [4.69, 9.17) is 5.11 Å². The number of hydrogen-bond acceptors (Lipinski definition) is 4. The summed E-state index contributed by atoms with van der Waals surface area (Å²) in [6.45, 7) is 2.30. The van der Waals surface area contributed by atoms with Crippen molar-refractivity contribution in [1.82, 2.24) is 20.2 Å². The first kappa shape index (κ1) is 10.1. The molecule has 0 saturated heterocycles. The van der Waals surface area contributed by atoms with Gasteiger partial charge in [0, 0.05) is 13.0 Å². The average Bonchev–Trinajstić information content (AvgIpc) is 2.50. The molecule has 1 aromatic heterocycles. The highest BCUT2D eigenvalue weighted by atomic mass is 16.3. The molecule has 0 fully saturated rings. The number of nitrogens with zero attached hydrogens (tertiary/aromatic N) is 4. The number of rotatable bonds is 5. The molecule has 0 saturated carbocycles. The van der Waals surface area contributed by atoms with Gasteiger partial charge in [-0.05, 0) is 17.6 Å². The Balaban J connectivity index is 2.46. The van der Waals surface area contributed by atoms with Gasteiger partial charge in [0.15, 0.2) is 5.82 Å². The van der Waals surface area contributed by atoms with Crippen LogP contribution in [0.15, 0.2) is 0 Å². The van der Waals surface area contributed by atoms with Crippen molar-refractivity contribution in [2.45, 2.75) is 26.2 Å². The lowest BCUT2D eigenvalue weighted by Crippen LogP contribution is -2.10. The summed E-state index contributed by atoms with van der Waals surface area (Å²) >= 11 is 0. The largest absolute Gasteiger partial charge is 0.396 e. The maximum absolute atomic E-state index is 9.04. The third-order valence-electron chi connectivity index (χ3n) is 1.98. The van der Waals surface area contributed by atoms with Gasteiger partial charge in [0.1, 0.15) is 0 Å².